The van der Waals surface area contributed by atoms with Gasteiger partial charge in [0.25, 0.3) is 0 Å². The first-order chi connectivity index (χ1) is 9.06. The van der Waals surface area contributed by atoms with Gasteiger partial charge in [-0.1, -0.05) is 11.6 Å². The van der Waals surface area contributed by atoms with Crippen molar-refractivity contribution in [1.29, 1.82) is 0 Å². The van der Waals surface area contributed by atoms with Gasteiger partial charge in [0.1, 0.15) is 18.5 Å². The van der Waals surface area contributed by atoms with Gasteiger partial charge in [-0.15, -0.1) is 0 Å². The van der Waals surface area contributed by atoms with Crippen molar-refractivity contribution in [3.05, 3.63) is 29.3 Å². The van der Waals surface area contributed by atoms with Crippen molar-refractivity contribution in [2.24, 2.45) is 0 Å². The van der Waals surface area contributed by atoms with Crippen molar-refractivity contribution in [2.45, 2.75) is 6.10 Å². The molecule has 0 radical (unpaired) electrons. The van der Waals surface area contributed by atoms with Crippen LogP contribution in [0.1, 0.15) is 0 Å². The van der Waals surface area contributed by atoms with E-state index in [0.29, 0.717) is 10.8 Å². The number of nitrogens with one attached hydrogen (secondary N) is 1. The van der Waals surface area contributed by atoms with E-state index in [2.05, 4.69) is 5.32 Å². The van der Waals surface area contributed by atoms with Crippen LogP contribution in [-0.4, -0.2) is 47.7 Å². The Labute approximate surface area is 114 Å². The van der Waals surface area contributed by atoms with Crippen LogP contribution in [0.2, 0.25) is 5.02 Å². The summed E-state index contributed by atoms with van der Waals surface area (Å²) in [5.41, 5.74) is 0. The molecule has 19 heavy (non-hydrogen) atoms. The minimum atomic E-state index is -0.941. The van der Waals surface area contributed by atoms with Crippen molar-refractivity contribution in [1.82, 2.24) is 10.2 Å². The Balaban J connectivity index is 1.81. The number of halogens is 1. The number of aliphatic hydroxyl groups is 1. The fourth-order valence-corrected chi connectivity index (χ4v) is 1.75. The average molecular weight is 285 g/mol. The zero-order chi connectivity index (χ0) is 13.8. The molecule has 1 aromatic carbocycles. The van der Waals surface area contributed by atoms with Crippen LogP contribution in [0.5, 0.6) is 5.75 Å². The Morgan fingerprint density at radius 1 is 1.37 bits per heavy atom. The molecule has 3 amide bonds. The summed E-state index contributed by atoms with van der Waals surface area (Å²) in [7, 11) is 0. The lowest BCUT2D eigenvalue weighted by Crippen LogP contribution is -2.39. The van der Waals surface area contributed by atoms with Crippen molar-refractivity contribution in [2.75, 3.05) is 19.7 Å². The summed E-state index contributed by atoms with van der Waals surface area (Å²) in [4.78, 5) is 23.5. The highest BCUT2D eigenvalue weighted by Crippen LogP contribution is 2.15. The van der Waals surface area contributed by atoms with Gasteiger partial charge in [0.15, 0.2) is 0 Å². The normalized spacial score (nSPS) is 16.4. The highest BCUT2D eigenvalue weighted by molar-refractivity contribution is 6.30. The van der Waals surface area contributed by atoms with E-state index in [4.69, 9.17) is 16.3 Å². The lowest BCUT2D eigenvalue weighted by Gasteiger charge is -2.17. The molecule has 7 heteroatoms. The fourth-order valence-electron chi connectivity index (χ4n) is 1.63. The summed E-state index contributed by atoms with van der Waals surface area (Å²) in [6.45, 7) is -0.124. The SMILES string of the molecule is O=C1CNC(=O)N1C[C@H](O)COc1ccc(Cl)cc1. The lowest BCUT2D eigenvalue weighted by molar-refractivity contribution is -0.126. The standard InChI is InChI=1S/C12H13ClN2O4/c13-8-1-3-10(4-2-8)19-7-9(16)6-15-11(17)5-14-12(15)18/h1-4,9,16H,5-7H2,(H,14,18)/t9-/m0/s1. The van der Waals surface area contributed by atoms with Crippen LogP contribution >= 0.6 is 11.6 Å². The molecule has 0 aromatic heterocycles. The quantitative estimate of drug-likeness (QED) is 0.778. The maximum atomic E-state index is 11.3. The first kappa shape index (κ1) is 13.6. The molecule has 1 aliphatic rings. The summed E-state index contributed by atoms with van der Waals surface area (Å²) < 4.78 is 5.33. The summed E-state index contributed by atoms with van der Waals surface area (Å²) in [5.74, 6) is 0.205. The second kappa shape index (κ2) is 5.90. The zero-order valence-corrected chi connectivity index (χ0v) is 10.8. The van der Waals surface area contributed by atoms with Gasteiger partial charge in [0, 0.05) is 5.02 Å². The van der Waals surface area contributed by atoms with Gasteiger partial charge in [-0.25, -0.2) is 4.79 Å². The number of β-amino-alcohol motifs (C(OH)–C–C–N with tert-alkyl or cyclic N) is 1. The number of hydrogen-bond acceptors (Lipinski definition) is 4. The minimum Gasteiger partial charge on any atom is -0.491 e. The highest BCUT2D eigenvalue weighted by atomic mass is 35.5. The topological polar surface area (TPSA) is 78.9 Å². The Morgan fingerprint density at radius 3 is 2.63 bits per heavy atom. The molecule has 1 aliphatic heterocycles. The zero-order valence-electron chi connectivity index (χ0n) is 10.0. The number of imide groups is 1. The van der Waals surface area contributed by atoms with Crippen LogP contribution in [0, 0.1) is 0 Å². The third-order valence-electron chi connectivity index (χ3n) is 2.59. The Morgan fingerprint density at radius 2 is 2.05 bits per heavy atom. The van der Waals surface area contributed by atoms with Gasteiger partial charge in [0.2, 0.25) is 5.91 Å². The molecule has 1 atom stereocenters. The van der Waals surface area contributed by atoms with E-state index in [1.807, 2.05) is 0 Å². The minimum absolute atomic E-state index is 0.0152. The Bertz CT molecular complexity index is 461. The number of ether oxygens (including phenoxy) is 1. The van der Waals surface area contributed by atoms with Gasteiger partial charge in [-0.2, -0.15) is 0 Å². The predicted octanol–water partition coefficient (Wildman–Crippen LogP) is 0.631. The van der Waals surface area contributed by atoms with Crippen molar-refractivity contribution in [3.63, 3.8) is 0 Å². The second-order valence-electron chi connectivity index (χ2n) is 4.08. The van der Waals surface area contributed by atoms with Crippen LogP contribution in [0.3, 0.4) is 0 Å². The highest BCUT2D eigenvalue weighted by Gasteiger charge is 2.30. The number of carbonyl (C=O) groups is 2. The first-order valence-electron chi connectivity index (χ1n) is 5.71. The number of benzene rings is 1. The largest absolute Gasteiger partial charge is 0.491 e. The molecule has 1 aromatic rings. The molecule has 1 saturated heterocycles. The second-order valence-corrected chi connectivity index (χ2v) is 4.52. The van der Waals surface area contributed by atoms with Crippen LogP contribution in [0.15, 0.2) is 24.3 Å². The van der Waals surface area contributed by atoms with Crippen LogP contribution in [0.25, 0.3) is 0 Å². The molecule has 0 aliphatic carbocycles. The molecule has 102 valence electrons. The number of rotatable bonds is 5. The molecule has 6 nitrogen and oxygen atoms in total. The number of nitrogens with zero attached hydrogens (tertiary/aromatic N) is 1. The first-order valence-corrected chi connectivity index (χ1v) is 6.08. The maximum absolute atomic E-state index is 11.3. The van der Waals surface area contributed by atoms with Gasteiger partial charge >= 0.3 is 6.03 Å². The molecular weight excluding hydrogens is 272 g/mol. The molecule has 2 rings (SSSR count). The monoisotopic (exact) mass is 284 g/mol. The number of aliphatic hydroxyl groups excluding tert-OH is 1. The van der Waals surface area contributed by atoms with E-state index in [1.54, 1.807) is 24.3 Å². The van der Waals surface area contributed by atoms with Crippen molar-refractivity contribution < 1.29 is 19.4 Å². The van der Waals surface area contributed by atoms with E-state index >= 15 is 0 Å². The van der Waals surface area contributed by atoms with Crippen LogP contribution < -0.4 is 10.1 Å². The molecular formula is C12H13ClN2O4. The van der Waals surface area contributed by atoms with Crippen LogP contribution in [-0.2, 0) is 4.79 Å². The summed E-state index contributed by atoms with van der Waals surface area (Å²) in [6.07, 6.45) is -0.941. The molecule has 1 fully saturated rings. The smallest absolute Gasteiger partial charge is 0.324 e. The van der Waals surface area contributed by atoms with Gasteiger partial charge in [-0.05, 0) is 24.3 Å². The number of amides is 3. The lowest BCUT2D eigenvalue weighted by atomic mass is 10.3. The van der Waals surface area contributed by atoms with E-state index in [1.165, 1.54) is 0 Å². The van der Waals surface area contributed by atoms with Gasteiger partial charge in [-0.3, -0.25) is 9.69 Å². The molecule has 0 saturated carbocycles. The van der Waals surface area contributed by atoms with E-state index < -0.39 is 12.1 Å². The number of urea groups is 1. The number of carbonyl (C=O) groups excluding carboxylic acids is 2. The summed E-state index contributed by atoms with van der Waals surface area (Å²) >= 11 is 5.73. The van der Waals surface area contributed by atoms with E-state index in [9.17, 15) is 14.7 Å². The average Bonchev–Trinajstić information content (AvgIpc) is 2.70. The van der Waals surface area contributed by atoms with Crippen molar-refractivity contribution in [3.8, 4) is 5.75 Å². The molecule has 2 N–H and O–H groups in total. The molecule has 0 unspecified atom stereocenters. The van der Waals surface area contributed by atoms with Crippen LogP contribution in [0.4, 0.5) is 4.79 Å². The Kier molecular flexibility index (Phi) is 4.24. The fraction of sp³-hybridized carbons (Fsp3) is 0.333. The number of hydrogen-bond donors (Lipinski definition) is 2. The third kappa shape index (κ3) is 3.59. The van der Waals surface area contributed by atoms with Gasteiger partial charge in [0.05, 0.1) is 13.1 Å². The Hall–Kier alpha value is -1.79. The maximum Gasteiger partial charge on any atom is 0.324 e. The van der Waals surface area contributed by atoms with Gasteiger partial charge < -0.3 is 15.2 Å². The summed E-state index contributed by atoms with van der Waals surface area (Å²) in [5, 5.41) is 12.7. The summed E-state index contributed by atoms with van der Waals surface area (Å²) in [6, 6.07) is 6.18. The third-order valence-corrected chi connectivity index (χ3v) is 2.84. The van der Waals surface area contributed by atoms with E-state index in [-0.39, 0.29) is 25.6 Å². The molecule has 0 spiro atoms. The van der Waals surface area contributed by atoms with Crippen molar-refractivity contribution >= 4 is 23.5 Å². The molecule has 1 heterocycles. The molecule has 0 bridgehead atoms. The predicted molar refractivity (Wildman–Crippen MR) is 68.1 cm³/mol. The van der Waals surface area contributed by atoms with E-state index in [0.717, 1.165) is 4.90 Å².